The van der Waals surface area contributed by atoms with Crippen molar-refractivity contribution in [1.82, 2.24) is 13.9 Å². The Morgan fingerprint density at radius 1 is 1.30 bits per heavy atom. The molecule has 3 aliphatic heterocycles. The summed E-state index contributed by atoms with van der Waals surface area (Å²) in [5.41, 5.74) is 0.565. The fourth-order valence-corrected chi connectivity index (χ4v) is 6.36. The predicted octanol–water partition coefficient (Wildman–Crippen LogP) is 1.91. The molecular formula is C15H19ClFN3O2S. The highest BCUT2D eigenvalue weighted by atomic mass is 35.5. The maximum absolute atomic E-state index is 13.6. The molecule has 0 aromatic heterocycles. The number of halogens is 2. The summed E-state index contributed by atoms with van der Waals surface area (Å²) < 4.78 is 42.9. The molecule has 0 aliphatic carbocycles. The lowest BCUT2D eigenvalue weighted by molar-refractivity contribution is 0.296. The first kappa shape index (κ1) is 15.8. The van der Waals surface area contributed by atoms with Gasteiger partial charge in [0.2, 0.25) is 0 Å². The summed E-state index contributed by atoms with van der Waals surface area (Å²) in [4.78, 5) is 0. The molecule has 1 aromatic carbocycles. The molecule has 3 fully saturated rings. The lowest BCUT2D eigenvalue weighted by Gasteiger charge is -2.33. The number of hydrogen-bond acceptors (Lipinski definition) is 3. The molecule has 3 aliphatic rings. The molecule has 4 rings (SSSR count). The number of benzene rings is 1. The van der Waals surface area contributed by atoms with Gasteiger partial charge in [-0.25, -0.2) is 4.39 Å². The van der Waals surface area contributed by atoms with Crippen LogP contribution in [-0.2, 0) is 10.2 Å². The summed E-state index contributed by atoms with van der Waals surface area (Å²) >= 11 is 6.20. The van der Waals surface area contributed by atoms with Crippen LogP contribution in [0.4, 0.5) is 4.39 Å². The van der Waals surface area contributed by atoms with Gasteiger partial charge in [-0.2, -0.15) is 17.0 Å². The largest absolute Gasteiger partial charge is 0.311 e. The summed E-state index contributed by atoms with van der Waals surface area (Å²) in [7, 11) is -3.55. The Morgan fingerprint density at radius 2 is 2.13 bits per heavy atom. The van der Waals surface area contributed by atoms with E-state index in [1.165, 1.54) is 22.5 Å². The Morgan fingerprint density at radius 3 is 2.83 bits per heavy atom. The smallest absolute Gasteiger partial charge is 0.282 e. The maximum Gasteiger partial charge on any atom is 0.282 e. The van der Waals surface area contributed by atoms with E-state index in [0.29, 0.717) is 36.6 Å². The molecule has 0 spiro atoms. The van der Waals surface area contributed by atoms with Crippen molar-refractivity contribution in [3.8, 4) is 0 Å². The summed E-state index contributed by atoms with van der Waals surface area (Å²) in [6, 6.07) is 4.07. The maximum atomic E-state index is 13.6. The third-order valence-corrected chi connectivity index (χ3v) is 7.53. The van der Waals surface area contributed by atoms with Gasteiger partial charge in [0.1, 0.15) is 5.82 Å². The Balaban J connectivity index is 1.66. The summed E-state index contributed by atoms with van der Waals surface area (Å²) in [6.07, 6.45) is 2.30. The van der Waals surface area contributed by atoms with Gasteiger partial charge in [0.05, 0.1) is 6.04 Å². The Kier molecular flexibility index (Phi) is 3.89. The SMILES string of the molecule is O=S(=O)(N1CCCC1c1cc(F)ccc1Cl)N1C[C@@H]2C[C@H]1CN2. The molecule has 0 amide bonds. The van der Waals surface area contributed by atoms with Crippen LogP contribution in [0.25, 0.3) is 0 Å². The standard InChI is InChI=1S/C15H19ClFN3O2S/c16-14-4-3-10(17)6-13(14)15-2-1-5-19(15)23(21,22)20-9-11-7-12(20)8-18-11/h3-4,6,11-12,15,18H,1-2,5,7-9H2/t11-,12-,15?/m0/s1. The highest BCUT2D eigenvalue weighted by molar-refractivity contribution is 7.86. The summed E-state index contributed by atoms with van der Waals surface area (Å²) in [5, 5.41) is 3.73. The van der Waals surface area contributed by atoms with E-state index in [2.05, 4.69) is 5.32 Å². The Labute approximate surface area is 140 Å². The van der Waals surface area contributed by atoms with E-state index in [9.17, 15) is 12.8 Å². The average molecular weight is 360 g/mol. The van der Waals surface area contributed by atoms with Crippen LogP contribution in [0.15, 0.2) is 18.2 Å². The molecule has 0 radical (unpaired) electrons. The van der Waals surface area contributed by atoms with Gasteiger partial charge in [-0.05, 0) is 43.0 Å². The zero-order chi connectivity index (χ0) is 16.2. The van der Waals surface area contributed by atoms with Gasteiger partial charge in [-0.15, -0.1) is 0 Å². The third-order valence-electron chi connectivity index (χ3n) is 5.12. The van der Waals surface area contributed by atoms with Crippen LogP contribution < -0.4 is 5.32 Å². The van der Waals surface area contributed by atoms with Crippen LogP contribution in [0.3, 0.4) is 0 Å². The zero-order valence-electron chi connectivity index (χ0n) is 12.6. The first-order valence-corrected chi connectivity index (χ1v) is 9.71. The van der Waals surface area contributed by atoms with E-state index in [0.717, 1.165) is 12.8 Å². The lowest BCUT2D eigenvalue weighted by Crippen LogP contribution is -2.51. The van der Waals surface area contributed by atoms with Gasteiger partial charge in [0, 0.05) is 36.7 Å². The van der Waals surface area contributed by atoms with E-state index < -0.39 is 16.0 Å². The van der Waals surface area contributed by atoms with E-state index in [-0.39, 0.29) is 18.1 Å². The number of nitrogens with zero attached hydrogens (tertiary/aromatic N) is 2. The van der Waals surface area contributed by atoms with Crippen molar-refractivity contribution in [3.63, 3.8) is 0 Å². The second kappa shape index (κ2) is 5.67. The third kappa shape index (κ3) is 2.59. The van der Waals surface area contributed by atoms with Crippen LogP contribution in [0.2, 0.25) is 5.02 Å². The van der Waals surface area contributed by atoms with Crippen molar-refractivity contribution < 1.29 is 12.8 Å². The predicted molar refractivity (Wildman–Crippen MR) is 85.9 cm³/mol. The molecular weight excluding hydrogens is 341 g/mol. The van der Waals surface area contributed by atoms with Crippen molar-refractivity contribution in [2.45, 2.75) is 37.4 Å². The Hall–Kier alpha value is -0.730. The minimum absolute atomic E-state index is 0.0363. The van der Waals surface area contributed by atoms with Crippen molar-refractivity contribution in [3.05, 3.63) is 34.6 Å². The minimum Gasteiger partial charge on any atom is -0.311 e. The molecule has 5 nitrogen and oxygen atoms in total. The molecule has 1 N–H and O–H groups in total. The van der Waals surface area contributed by atoms with E-state index in [1.54, 1.807) is 4.31 Å². The van der Waals surface area contributed by atoms with Crippen molar-refractivity contribution in [2.75, 3.05) is 19.6 Å². The monoisotopic (exact) mass is 359 g/mol. The summed E-state index contributed by atoms with van der Waals surface area (Å²) in [5.74, 6) is -0.391. The highest BCUT2D eigenvalue weighted by Crippen LogP contribution is 2.40. The van der Waals surface area contributed by atoms with Gasteiger partial charge in [0.15, 0.2) is 0 Å². The first-order chi connectivity index (χ1) is 11.0. The average Bonchev–Trinajstić information content (AvgIpc) is 3.25. The fourth-order valence-electron chi connectivity index (χ4n) is 4.04. The van der Waals surface area contributed by atoms with Crippen molar-refractivity contribution in [2.24, 2.45) is 0 Å². The number of nitrogens with one attached hydrogen (secondary N) is 1. The molecule has 126 valence electrons. The molecule has 1 unspecified atom stereocenters. The molecule has 1 aromatic rings. The highest BCUT2D eigenvalue weighted by Gasteiger charge is 2.48. The quantitative estimate of drug-likeness (QED) is 0.897. The minimum atomic E-state index is -3.55. The van der Waals surface area contributed by atoms with Gasteiger partial charge in [-0.3, -0.25) is 0 Å². The van der Waals surface area contributed by atoms with E-state index >= 15 is 0 Å². The Bertz CT molecular complexity index is 729. The fraction of sp³-hybridized carbons (Fsp3) is 0.600. The first-order valence-electron chi connectivity index (χ1n) is 7.94. The van der Waals surface area contributed by atoms with Gasteiger partial charge in [-0.1, -0.05) is 11.6 Å². The van der Waals surface area contributed by atoms with Crippen LogP contribution >= 0.6 is 11.6 Å². The van der Waals surface area contributed by atoms with Gasteiger partial charge in [0.25, 0.3) is 10.2 Å². The van der Waals surface area contributed by atoms with Crippen molar-refractivity contribution in [1.29, 1.82) is 0 Å². The molecule has 23 heavy (non-hydrogen) atoms. The number of rotatable bonds is 3. The topological polar surface area (TPSA) is 52.7 Å². The second-order valence-corrected chi connectivity index (χ2v) is 8.75. The molecule has 2 bridgehead atoms. The zero-order valence-corrected chi connectivity index (χ0v) is 14.2. The van der Waals surface area contributed by atoms with Crippen molar-refractivity contribution >= 4 is 21.8 Å². The van der Waals surface area contributed by atoms with Crippen LogP contribution in [0.5, 0.6) is 0 Å². The molecule has 3 saturated heterocycles. The van der Waals surface area contributed by atoms with E-state index in [1.807, 2.05) is 0 Å². The van der Waals surface area contributed by atoms with Gasteiger partial charge < -0.3 is 5.32 Å². The van der Waals surface area contributed by atoms with E-state index in [4.69, 9.17) is 11.6 Å². The van der Waals surface area contributed by atoms with Crippen LogP contribution in [0.1, 0.15) is 30.9 Å². The van der Waals surface area contributed by atoms with Gasteiger partial charge >= 0.3 is 0 Å². The molecule has 8 heteroatoms. The number of hydrogen-bond donors (Lipinski definition) is 1. The van der Waals surface area contributed by atoms with Crippen LogP contribution in [-0.4, -0.2) is 48.7 Å². The second-order valence-electron chi connectivity index (χ2n) is 6.51. The summed E-state index contributed by atoms with van der Waals surface area (Å²) in [6.45, 7) is 1.69. The number of piperazine rings is 1. The number of fused-ring (bicyclic) bond motifs is 2. The van der Waals surface area contributed by atoms with Crippen LogP contribution in [0, 0.1) is 5.82 Å². The lowest BCUT2D eigenvalue weighted by atomic mass is 10.1. The molecule has 0 saturated carbocycles. The molecule has 3 atom stereocenters. The normalized spacial score (nSPS) is 32.0. The molecule has 3 heterocycles.